The largest absolute Gasteiger partial charge is 0.481 e. The number of piperidine rings is 1. The average Bonchev–Trinajstić information content (AvgIpc) is 2.87. The number of aliphatic carboxylic acids is 1. The van der Waals surface area contributed by atoms with Crippen LogP contribution in [0, 0.1) is 11.8 Å². The first kappa shape index (κ1) is 14.3. The minimum absolute atomic E-state index is 0.165. The molecule has 0 aromatic rings. The van der Waals surface area contributed by atoms with Gasteiger partial charge >= 0.3 is 5.97 Å². The molecule has 2 aliphatic heterocycles. The number of carboxylic acids is 1. The van der Waals surface area contributed by atoms with Gasteiger partial charge in [-0.05, 0) is 38.6 Å². The molecule has 2 rings (SSSR count). The summed E-state index contributed by atoms with van der Waals surface area (Å²) < 4.78 is 0. The molecule has 0 aromatic carbocycles. The minimum atomic E-state index is -0.742. The summed E-state index contributed by atoms with van der Waals surface area (Å²) in [6.07, 6.45) is 2.82. The Morgan fingerprint density at radius 1 is 1.16 bits per heavy atom. The number of amides is 1. The monoisotopic (exact) mass is 268 g/mol. The number of nitrogens with zero attached hydrogens (tertiary/aromatic N) is 2. The predicted molar refractivity (Wildman–Crippen MR) is 71.8 cm³/mol. The van der Waals surface area contributed by atoms with Crippen molar-refractivity contribution < 1.29 is 14.7 Å². The van der Waals surface area contributed by atoms with Gasteiger partial charge in [0.2, 0.25) is 5.91 Å². The molecule has 0 saturated carbocycles. The van der Waals surface area contributed by atoms with E-state index < -0.39 is 5.97 Å². The number of carbonyl (C=O) groups excluding carboxylic acids is 1. The lowest BCUT2D eigenvalue weighted by molar-refractivity contribution is -0.142. The van der Waals surface area contributed by atoms with Crippen molar-refractivity contribution >= 4 is 11.9 Å². The van der Waals surface area contributed by atoms with Gasteiger partial charge in [0.05, 0.1) is 12.0 Å². The van der Waals surface area contributed by atoms with Gasteiger partial charge < -0.3 is 10.0 Å². The molecule has 2 unspecified atom stereocenters. The number of carboxylic acid groups (broad SMARTS) is 1. The fraction of sp³-hybridized carbons (Fsp3) is 0.857. The summed E-state index contributed by atoms with van der Waals surface area (Å²) in [6, 6.07) is -0.183. The molecule has 0 spiro atoms. The Balaban J connectivity index is 1.87. The molecule has 0 bridgehead atoms. The summed E-state index contributed by atoms with van der Waals surface area (Å²) in [5.74, 6) is -0.175. The lowest BCUT2D eigenvalue weighted by atomic mass is 9.99. The van der Waals surface area contributed by atoms with Crippen molar-refractivity contribution in [1.82, 2.24) is 9.80 Å². The van der Waals surface area contributed by atoms with Gasteiger partial charge in [0.25, 0.3) is 0 Å². The average molecular weight is 268 g/mol. The zero-order valence-corrected chi connectivity index (χ0v) is 11.8. The minimum Gasteiger partial charge on any atom is -0.481 e. The maximum atomic E-state index is 12.4. The second kappa shape index (κ2) is 5.90. The fourth-order valence-corrected chi connectivity index (χ4v) is 2.99. The summed E-state index contributed by atoms with van der Waals surface area (Å²) in [4.78, 5) is 27.3. The highest BCUT2D eigenvalue weighted by molar-refractivity contribution is 5.81. The summed E-state index contributed by atoms with van der Waals surface area (Å²) in [5.41, 5.74) is 0. The van der Waals surface area contributed by atoms with Gasteiger partial charge in [-0.1, -0.05) is 6.92 Å². The van der Waals surface area contributed by atoms with Crippen molar-refractivity contribution in [1.29, 1.82) is 0 Å². The quantitative estimate of drug-likeness (QED) is 0.831. The van der Waals surface area contributed by atoms with E-state index in [-0.39, 0.29) is 17.9 Å². The molecule has 5 nitrogen and oxygen atoms in total. The molecule has 2 heterocycles. The van der Waals surface area contributed by atoms with E-state index in [2.05, 4.69) is 6.92 Å². The highest BCUT2D eigenvalue weighted by Gasteiger charge is 2.35. The fourth-order valence-electron chi connectivity index (χ4n) is 2.99. The third-order valence-electron chi connectivity index (χ3n) is 4.57. The summed E-state index contributed by atoms with van der Waals surface area (Å²) in [7, 11) is 0. The van der Waals surface area contributed by atoms with Crippen LogP contribution in [0.1, 0.15) is 33.1 Å². The van der Waals surface area contributed by atoms with E-state index in [1.165, 1.54) is 0 Å². The van der Waals surface area contributed by atoms with Crippen molar-refractivity contribution in [3.05, 3.63) is 0 Å². The number of hydrogen-bond acceptors (Lipinski definition) is 3. The first-order chi connectivity index (χ1) is 8.99. The SMILES string of the molecule is CC1CCN(C(=O)C(C)N2CCC(C(=O)O)C2)CC1. The number of likely N-dealkylation sites (tertiary alicyclic amines) is 2. The number of hydrogen-bond donors (Lipinski definition) is 1. The van der Waals surface area contributed by atoms with Crippen molar-refractivity contribution in [3.8, 4) is 0 Å². The van der Waals surface area contributed by atoms with Crippen LogP contribution in [-0.2, 0) is 9.59 Å². The zero-order chi connectivity index (χ0) is 14.0. The number of rotatable bonds is 3. The van der Waals surface area contributed by atoms with Crippen molar-refractivity contribution in [2.75, 3.05) is 26.2 Å². The highest BCUT2D eigenvalue weighted by Crippen LogP contribution is 2.22. The molecule has 2 fully saturated rings. The first-order valence-corrected chi connectivity index (χ1v) is 7.24. The molecule has 0 aliphatic carbocycles. The van der Waals surface area contributed by atoms with E-state index in [9.17, 15) is 9.59 Å². The molecule has 2 atom stereocenters. The van der Waals surface area contributed by atoms with Crippen LogP contribution in [0.15, 0.2) is 0 Å². The normalized spacial score (nSPS) is 27.5. The third kappa shape index (κ3) is 3.26. The Morgan fingerprint density at radius 2 is 1.79 bits per heavy atom. The Kier molecular flexibility index (Phi) is 4.45. The van der Waals surface area contributed by atoms with E-state index in [1.807, 2.05) is 16.7 Å². The molecule has 5 heteroatoms. The standard InChI is InChI=1S/C14H24N2O3/c1-10-3-6-15(7-4-10)13(17)11(2)16-8-5-12(9-16)14(18)19/h10-12H,3-9H2,1-2H3,(H,18,19). The van der Waals surface area contributed by atoms with E-state index in [4.69, 9.17) is 5.11 Å². The van der Waals surface area contributed by atoms with Gasteiger partial charge in [-0.25, -0.2) is 0 Å². The van der Waals surface area contributed by atoms with Crippen LogP contribution in [0.4, 0.5) is 0 Å². The van der Waals surface area contributed by atoms with Crippen LogP contribution in [0.5, 0.6) is 0 Å². The lowest BCUT2D eigenvalue weighted by Gasteiger charge is -2.34. The Hall–Kier alpha value is -1.10. The predicted octanol–water partition coefficient (Wildman–Crippen LogP) is 1.04. The molecule has 2 saturated heterocycles. The molecule has 0 radical (unpaired) electrons. The molecular weight excluding hydrogens is 244 g/mol. The lowest BCUT2D eigenvalue weighted by Crippen LogP contribution is -2.48. The maximum absolute atomic E-state index is 12.4. The van der Waals surface area contributed by atoms with Crippen molar-refractivity contribution in [2.45, 2.75) is 39.2 Å². The van der Waals surface area contributed by atoms with Gasteiger partial charge in [-0.15, -0.1) is 0 Å². The van der Waals surface area contributed by atoms with E-state index >= 15 is 0 Å². The van der Waals surface area contributed by atoms with E-state index in [1.54, 1.807) is 0 Å². The van der Waals surface area contributed by atoms with E-state index in [0.717, 1.165) is 25.9 Å². The van der Waals surface area contributed by atoms with Gasteiger partial charge in [-0.3, -0.25) is 14.5 Å². The van der Waals surface area contributed by atoms with E-state index in [0.29, 0.717) is 25.4 Å². The molecule has 1 amide bonds. The van der Waals surface area contributed by atoms with Gasteiger partial charge in [0.15, 0.2) is 0 Å². The molecule has 19 heavy (non-hydrogen) atoms. The van der Waals surface area contributed by atoms with Crippen LogP contribution >= 0.6 is 0 Å². The first-order valence-electron chi connectivity index (χ1n) is 7.24. The second-order valence-corrected chi connectivity index (χ2v) is 6.00. The molecule has 2 aliphatic rings. The smallest absolute Gasteiger partial charge is 0.307 e. The molecule has 1 N–H and O–H groups in total. The van der Waals surface area contributed by atoms with Gasteiger partial charge in [-0.2, -0.15) is 0 Å². The Bertz CT molecular complexity index is 351. The Morgan fingerprint density at radius 3 is 2.32 bits per heavy atom. The molecule has 108 valence electrons. The van der Waals surface area contributed by atoms with Gasteiger partial charge in [0.1, 0.15) is 0 Å². The summed E-state index contributed by atoms with van der Waals surface area (Å²) >= 11 is 0. The Labute approximate surface area is 114 Å². The van der Waals surface area contributed by atoms with Crippen LogP contribution < -0.4 is 0 Å². The van der Waals surface area contributed by atoms with Crippen molar-refractivity contribution in [2.24, 2.45) is 11.8 Å². The summed E-state index contributed by atoms with van der Waals surface area (Å²) in [6.45, 7) is 7.05. The van der Waals surface area contributed by atoms with Gasteiger partial charge in [0, 0.05) is 19.6 Å². The zero-order valence-electron chi connectivity index (χ0n) is 11.8. The molecular formula is C14H24N2O3. The topological polar surface area (TPSA) is 60.9 Å². The third-order valence-corrected chi connectivity index (χ3v) is 4.57. The van der Waals surface area contributed by atoms with Crippen LogP contribution in [0.2, 0.25) is 0 Å². The highest BCUT2D eigenvalue weighted by atomic mass is 16.4. The maximum Gasteiger partial charge on any atom is 0.307 e. The van der Waals surface area contributed by atoms with Crippen molar-refractivity contribution in [3.63, 3.8) is 0 Å². The summed E-state index contributed by atoms with van der Waals surface area (Å²) in [5, 5.41) is 9.01. The van der Waals surface area contributed by atoms with Crippen LogP contribution in [-0.4, -0.2) is 59.0 Å². The second-order valence-electron chi connectivity index (χ2n) is 6.00. The number of carbonyl (C=O) groups is 2. The molecule has 0 aromatic heterocycles. The van der Waals surface area contributed by atoms with Crippen LogP contribution in [0.3, 0.4) is 0 Å². The van der Waals surface area contributed by atoms with Crippen LogP contribution in [0.25, 0.3) is 0 Å².